The molecule has 2 nitrogen and oxygen atoms in total. The Bertz CT molecular complexity index is 401. The Morgan fingerprint density at radius 1 is 1.21 bits per heavy atom. The third-order valence-corrected chi connectivity index (χ3v) is 3.90. The highest BCUT2D eigenvalue weighted by Gasteiger charge is 2.19. The van der Waals surface area contributed by atoms with Crippen molar-refractivity contribution in [2.45, 2.75) is 25.8 Å². The third kappa shape index (κ3) is 4.25. The molecule has 0 aromatic heterocycles. The fraction of sp³-hybridized carbons (Fsp3) is 0.600. The van der Waals surface area contributed by atoms with Crippen molar-refractivity contribution in [2.24, 2.45) is 5.92 Å². The lowest BCUT2D eigenvalue weighted by molar-refractivity contribution is 0.172. The second-order valence-corrected chi connectivity index (χ2v) is 5.36. The first kappa shape index (κ1) is 14.4. The molecule has 1 saturated heterocycles. The molecule has 1 aromatic carbocycles. The molecule has 19 heavy (non-hydrogen) atoms. The van der Waals surface area contributed by atoms with Gasteiger partial charge in [0.25, 0.3) is 0 Å². The summed E-state index contributed by atoms with van der Waals surface area (Å²) < 4.78 is 26.0. The molecule has 0 spiro atoms. The number of hydrogen-bond acceptors (Lipinski definition) is 2. The Labute approximate surface area is 113 Å². The molecule has 0 bridgehead atoms. The third-order valence-electron chi connectivity index (χ3n) is 3.90. The lowest BCUT2D eigenvalue weighted by atomic mass is 9.93. The van der Waals surface area contributed by atoms with E-state index < -0.39 is 11.6 Å². The quantitative estimate of drug-likeness (QED) is 0.883. The Balaban J connectivity index is 1.80. The maximum absolute atomic E-state index is 13.1. The fourth-order valence-electron chi connectivity index (χ4n) is 2.68. The van der Waals surface area contributed by atoms with Crippen LogP contribution in [0.4, 0.5) is 8.78 Å². The smallest absolute Gasteiger partial charge is 0.159 e. The normalized spacial score (nSPS) is 17.8. The molecular formula is C15H22F2N2. The van der Waals surface area contributed by atoms with Crippen LogP contribution >= 0.6 is 0 Å². The van der Waals surface area contributed by atoms with Crippen molar-refractivity contribution in [3.05, 3.63) is 35.4 Å². The van der Waals surface area contributed by atoms with E-state index in [1.807, 2.05) is 7.05 Å². The number of nitrogens with one attached hydrogen (secondary N) is 1. The van der Waals surface area contributed by atoms with Crippen molar-refractivity contribution in [1.29, 1.82) is 0 Å². The summed E-state index contributed by atoms with van der Waals surface area (Å²) in [7, 11) is 1.98. The number of likely N-dealkylation sites (tertiary alicyclic amines) is 1. The minimum atomic E-state index is -0.769. The summed E-state index contributed by atoms with van der Waals surface area (Å²) >= 11 is 0. The van der Waals surface area contributed by atoms with Crippen molar-refractivity contribution in [3.63, 3.8) is 0 Å². The molecule has 1 aliphatic rings. The van der Waals surface area contributed by atoms with E-state index in [-0.39, 0.29) is 0 Å². The lowest BCUT2D eigenvalue weighted by Gasteiger charge is -2.32. The topological polar surface area (TPSA) is 15.3 Å². The predicted octanol–water partition coefficient (Wildman–Crippen LogP) is 2.79. The monoisotopic (exact) mass is 268 g/mol. The van der Waals surface area contributed by atoms with Gasteiger partial charge in [-0.3, -0.25) is 4.90 Å². The van der Waals surface area contributed by atoms with Gasteiger partial charge in [0.1, 0.15) is 0 Å². The average molecular weight is 268 g/mol. The maximum atomic E-state index is 13.1. The van der Waals surface area contributed by atoms with Crippen LogP contribution in [0.15, 0.2) is 18.2 Å². The van der Waals surface area contributed by atoms with Gasteiger partial charge < -0.3 is 5.32 Å². The van der Waals surface area contributed by atoms with Gasteiger partial charge in [0.15, 0.2) is 11.6 Å². The first-order valence-corrected chi connectivity index (χ1v) is 7.00. The van der Waals surface area contributed by atoms with Crippen LogP contribution in [0.25, 0.3) is 0 Å². The van der Waals surface area contributed by atoms with Gasteiger partial charge in [-0.1, -0.05) is 6.07 Å². The molecule has 1 N–H and O–H groups in total. The molecule has 0 amide bonds. The van der Waals surface area contributed by atoms with Gasteiger partial charge in [0.05, 0.1) is 0 Å². The highest BCUT2D eigenvalue weighted by atomic mass is 19.2. The second-order valence-electron chi connectivity index (χ2n) is 5.36. The van der Waals surface area contributed by atoms with Crippen LogP contribution in [0.2, 0.25) is 0 Å². The van der Waals surface area contributed by atoms with Crippen molar-refractivity contribution >= 4 is 0 Å². The molecule has 4 heteroatoms. The molecular weight excluding hydrogens is 246 g/mol. The Kier molecular flexibility index (Phi) is 5.28. The SMILES string of the molecule is CNCCC1CCN(Cc2ccc(F)c(F)c2)CC1. The minimum Gasteiger partial charge on any atom is -0.320 e. The average Bonchev–Trinajstić information content (AvgIpc) is 2.42. The molecule has 106 valence electrons. The summed E-state index contributed by atoms with van der Waals surface area (Å²) in [6.07, 6.45) is 3.63. The lowest BCUT2D eigenvalue weighted by Crippen LogP contribution is -2.34. The molecule has 0 unspecified atom stereocenters. The standard InChI is InChI=1S/C15H22F2N2/c1-18-7-4-12-5-8-19(9-6-12)11-13-2-3-14(16)15(17)10-13/h2-3,10,12,18H,4-9,11H2,1H3. The van der Waals surface area contributed by atoms with E-state index in [1.165, 1.54) is 31.4 Å². The van der Waals surface area contributed by atoms with Gasteiger partial charge in [-0.2, -0.15) is 0 Å². The molecule has 0 saturated carbocycles. The van der Waals surface area contributed by atoms with E-state index in [0.29, 0.717) is 0 Å². The summed E-state index contributed by atoms with van der Waals surface area (Å²) in [5, 5.41) is 3.19. The zero-order valence-corrected chi connectivity index (χ0v) is 11.5. The molecule has 1 aromatic rings. The number of rotatable bonds is 5. The summed E-state index contributed by atoms with van der Waals surface area (Å²) in [6, 6.07) is 4.19. The van der Waals surface area contributed by atoms with Crippen LogP contribution in [0, 0.1) is 17.6 Å². The van der Waals surface area contributed by atoms with Crippen LogP contribution in [-0.2, 0) is 6.54 Å². The largest absolute Gasteiger partial charge is 0.320 e. The molecule has 0 aliphatic carbocycles. The highest BCUT2D eigenvalue weighted by molar-refractivity contribution is 5.17. The predicted molar refractivity (Wildman–Crippen MR) is 72.9 cm³/mol. The maximum Gasteiger partial charge on any atom is 0.159 e. The highest BCUT2D eigenvalue weighted by Crippen LogP contribution is 2.21. The van der Waals surface area contributed by atoms with Crippen molar-refractivity contribution in [2.75, 3.05) is 26.7 Å². The van der Waals surface area contributed by atoms with E-state index >= 15 is 0 Å². The van der Waals surface area contributed by atoms with Gasteiger partial charge in [-0.15, -0.1) is 0 Å². The summed E-state index contributed by atoms with van der Waals surface area (Å²) in [4.78, 5) is 2.32. The number of nitrogens with zero attached hydrogens (tertiary/aromatic N) is 1. The molecule has 1 aliphatic heterocycles. The molecule has 0 atom stereocenters. The zero-order valence-electron chi connectivity index (χ0n) is 11.5. The van der Waals surface area contributed by atoms with Gasteiger partial charge in [-0.25, -0.2) is 8.78 Å². The molecule has 2 rings (SSSR count). The van der Waals surface area contributed by atoms with E-state index in [4.69, 9.17) is 0 Å². The van der Waals surface area contributed by atoms with E-state index in [9.17, 15) is 8.78 Å². The van der Waals surface area contributed by atoms with E-state index in [1.54, 1.807) is 6.07 Å². The molecule has 0 radical (unpaired) electrons. The van der Waals surface area contributed by atoms with Crippen LogP contribution in [-0.4, -0.2) is 31.6 Å². The minimum absolute atomic E-state index is 0.718. The Morgan fingerprint density at radius 2 is 1.95 bits per heavy atom. The Morgan fingerprint density at radius 3 is 2.58 bits per heavy atom. The second kappa shape index (κ2) is 6.96. The Hall–Kier alpha value is -1.00. The number of piperidine rings is 1. The van der Waals surface area contributed by atoms with Crippen molar-refractivity contribution in [3.8, 4) is 0 Å². The summed E-state index contributed by atoms with van der Waals surface area (Å²) in [5.74, 6) is -0.718. The van der Waals surface area contributed by atoms with Gasteiger partial charge in [0, 0.05) is 6.54 Å². The van der Waals surface area contributed by atoms with Gasteiger partial charge in [0.2, 0.25) is 0 Å². The molecule has 1 heterocycles. The summed E-state index contributed by atoms with van der Waals surface area (Å²) in [6.45, 7) is 3.89. The zero-order chi connectivity index (χ0) is 13.7. The summed E-state index contributed by atoms with van der Waals surface area (Å²) in [5.41, 5.74) is 0.854. The fourth-order valence-corrected chi connectivity index (χ4v) is 2.68. The number of halogens is 2. The van der Waals surface area contributed by atoms with Crippen LogP contribution in [0.3, 0.4) is 0 Å². The first-order chi connectivity index (χ1) is 9.19. The molecule has 1 fully saturated rings. The van der Waals surface area contributed by atoms with Crippen LogP contribution < -0.4 is 5.32 Å². The van der Waals surface area contributed by atoms with E-state index in [0.717, 1.165) is 37.7 Å². The van der Waals surface area contributed by atoms with Crippen LogP contribution in [0.5, 0.6) is 0 Å². The van der Waals surface area contributed by atoms with E-state index in [2.05, 4.69) is 10.2 Å². The van der Waals surface area contributed by atoms with Crippen LogP contribution in [0.1, 0.15) is 24.8 Å². The van der Waals surface area contributed by atoms with Gasteiger partial charge >= 0.3 is 0 Å². The number of benzene rings is 1. The first-order valence-electron chi connectivity index (χ1n) is 7.00. The number of hydrogen-bond donors (Lipinski definition) is 1. The van der Waals surface area contributed by atoms with Gasteiger partial charge in [-0.05, 0) is 69.6 Å². The van der Waals surface area contributed by atoms with Crippen molar-refractivity contribution < 1.29 is 8.78 Å². The van der Waals surface area contributed by atoms with Crippen molar-refractivity contribution in [1.82, 2.24) is 10.2 Å².